The van der Waals surface area contributed by atoms with E-state index in [0.29, 0.717) is 12.1 Å². The standard InChI is InChI=1S/C14H28N2O2/c1-10(2)16(12(4)11(3)14(17)18)9-13-7-5-6-8-15-13/h10-13,15H,5-9H2,1-4H3,(H,17,18). The lowest BCUT2D eigenvalue weighted by Crippen LogP contribution is -2.51. The van der Waals surface area contributed by atoms with Gasteiger partial charge in [0, 0.05) is 24.7 Å². The highest BCUT2D eigenvalue weighted by molar-refractivity contribution is 5.70. The molecule has 1 aliphatic rings. The van der Waals surface area contributed by atoms with Crippen LogP contribution in [0.4, 0.5) is 0 Å². The minimum Gasteiger partial charge on any atom is -0.481 e. The van der Waals surface area contributed by atoms with Crippen molar-refractivity contribution in [3.05, 3.63) is 0 Å². The molecule has 3 unspecified atom stereocenters. The van der Waals surface area contributed by atoms with E-state index in [1.54, 1.807) is 6.92 Å². The van der Waals surface area contributed by atoms with E-state index in [1.807, 2.05) is 6.92 Å². The molecule has 1 rings (SSSR count). The van der Waals surface area contributed by atoms with Gasteiger partial charge in [0.1, 0.15) is 0 Å². The molecule has 0 amide bonds. The molecule has 1 heterocycles. The predicted molar refractivity (Wildman–Crippen MR) is 73.7 cm³/mol. The highest BCUT2D eigenvalue weighted by atomic mass is 16.4. The Kier molecular flexibility index (Phi) is 6.09. The average Bonchev–Trinajstić information content (AvgIpc) is 2.35. The van der Waals surface area contributed by atoms with Crippen molar-refractivity contribution in [2.45, 2.75) is 65.1 Å². The molecular weight excluding hydrogens is 228 g/mol. The van der Waals surface area contributed by atoms with Crippen molar-refractivity contribution in [1.29, 1.82) is 0 Å². The van der Waals surface area contributed by atoms with E-state index in [1.165, 1.54) is 19.3 Å². The molecule has 106 valence electrons. The topological polar surface area (TPSA) is 52.6 Å². The van der Waals surface area contributed by atoms with Gasteiger partial charge in [-0.25, -0.2) is 0 Å². The van der Waals surface area contributed by atoms with Crippen molar-refractivity contribution in [1.82, 2.24) is 10.2 Å². The maximum atomic E-state index is 11.1. The Morgan fingerprint density at radius 1 is 1.33 bits per heavy atom. The number of hydrogen-bond donors (Lipinski definition) is 2. The number of nitrogens with zero attached hydrogens (tertiary/aromatic N) is 1. The van der Waals surface area contributed by atoms with Gasteiger partial charge in [0.05, 0.1) is 5.92 Å². The number of carbonyl (C=O) groups is 1. The third-order valence-corrected chi connectivity index (χ3v) is 4.14. The molecule has 1 fully saturated rings. The summed E-state index contributed by atoms with van der Waals surface area (Å²) in [6.45, 7) is 10.2. The fourth-order valence-electron chi connectivity index (χ4n) is 2.68. The molecule has 1 aliphatic heterocycles. The number of nitrogens with one attached hydrogen (secondary N) is 1. The van der Waals surface area contributed by atoms with Crippen LogP contribution in [0.15, 0.2) is 0 Å². The van der Waals surface area contributed by atoms with E-state index in [4.69, 9.17) is 5.11 Å². The molecule has 1 saturated heterocycles. The SMILES string of the molecule is CC(C(=O)O)C(C)N(CC1CCCCN1)C(C)C. The van der Waals surface area contributed by atoms with Crippen molar-refractivity contribution < 1.29 is 9.90 Å². The molecule has 0 saturated carbocycles. The Balaban J connectivity index is 2.60. The van der Waals surface area contributed by atoms with Crippen LogP contribution in [0.5, 0.6) is 0 Å². The quantitative estimate of drug-likeness (QED) is 0.762. The lowest BCUT2D eigenvalue weighted by atomic mass is 9.98. The van der Waals surface area contributed by atoms with Crippen LogP contribution in [0.2, 0.25) is 0 Å². The van der Waals surface area contributed by atoms with Crippen LogP contribution in [0.3, 0.4) is 0 Å². The molecule has 0 aliphatic carbocycles. The second-order valence-corrected chi connectivity index (χ2v) is 5.80. The Morgan fingerprint density at radius 3 is 2.44 bits per heavy atom. The van der Waals surface area contributed by atoms with Crippen LogP contribution in [0.1, 0.15) is 47.0 Å². The molecule has 0 spiro atoms. The van der Waals surface area contributed by atoms with E-state index in [2.05, 4.69) is 24.1 Å². The van der Waals surface area contributed by atoms with Gasteiger partial charge in [0.25, 0.3) is 0 Å². The lowest BCUT2D eigenvalue weighted by Gasteiger charge is -2.38. The van der Waals surface area contributed by atoms with Crippen LogP contribution >= 0.6 is 0 Å². The molecule has 4 nitrogen and oxygen atoms in total. The maximum Gasteiger partial charge on any atom is 0.307 e. The molecule has 0 aromatic carbocycles. The van der Waals surface area contributed by atoms with Crippen LogP contribution in [0, 0.1) is 5.92 Å². The number of carboxylic acids is 1. The van der Waals surface area contributed by atoms with Gasteiger partial charge >= 0.3 is 5.97 Å². The van der Waals surface area contributed by atoms with Gasteiger partial charge in [-0.05, 0) is 40.2 Å². The summed E-state index contributed by atoms with van der Waals surface area (Å²) in [5, 5.41) is 12.7. The first-order valence-electron chi connectivity index (χ1n) is 7.15. The van der Waals surface area contributed by atoms with E-state index in [9.17, 15) is 4.79 Å². The summed E-state index contributed by atoms with van der Waals surface area (Å²) in [7, 11) is 0. The van der Waals surface area contributed by atoms with Crippen molar-refractivity contribution in [2.75, 3.05) is 13.1 Å². The van der Waals surface area contributed by atoms with Crippen LogP contribution in [0.25, 0.3) is 0 Å². The zero-order valence-electron chi connectivity index (χ0n) is 12.1. The van der Waals surface area contributed by atoms with Gasteiger partial charge in [-0.3, -0.25) is 9.69 Å². The number of hydrogen-bond acceptors (Lipinski definition) is 3. The largest absolute Gasteiger partial charge is 0.481 e. The number of aliphatic carboxylic acids is 1. The van der Waals surface area contributed by atoms with Crippen LogP contribution in [-0.2, 0) is 4.79 Å². The summed E-state index contributed by atoms with van der Waals surface area (Å²) >= 11 is 0. The van der Waals surface area contributed by atoms with Gasteiger partial charge in [0.15, 0.2) is 0 Å². The summed E-state index contributed by atoms with van der Waals surface area (Å²) < 4.78 is 0. The maximum absolute atomic E-state index is 11.1. The van der Waals surface area contributed by atoms with Gasteiger partial charge in [-0.15, -0.1) is 0 Å². The minimum absolute atomic E-state index is 0.0752. The fraction of sp³-hybridized carbons (Fsp3) is 0.929. The summed E-state index contributed by atoms with van der Waals surface area (Å²) in [5.74, 6) is -1.03. The van der Waals surface area contributed by atoms with Gasteiger partial charge < -0.3 is 10.4 Å². The Morgan fingerprint density at radius 2 is 2.00 bits per heavy atom. The average molecular weight is 256 g/mol. The summed E-state index contributed by atoms with van der Waals surface area (Å²) in [5.41, 5.74) is 0. The van der Waals surface area contributed by atoms with Crippen molar-refractivity contribution in [3.63, 3.8) is 0 Å². The third kappa shape index (κ3) is 4.25. The summed E-state index contributed by atoms with van der Waals surface area (Å²) in [6, 6.07) is 0.973. The second kappa shape index (κ2) is 7.10. The molecule has 0 radical (unpaired) electrons. The summed E-state index contributed by atoms with van der Waals surface area (Å²) in [4.78, 5) is 13.4. The summed E-state index contributed by atoms with van der Waals surface area (Å²) in [6.07, 6.45) is 3.75. The van der Waals surface area contributed by atoms with Crippen molar-refractivity contribution in [3.8, 4) is 0 Å². The number of carboxylic acid groups (broad SMARTS) is 1. The van der Waals surface area contributed by atoms with E-state index >= 15 is 0 Å². The third-order valence-electron chi connectivity index (χ3n) is 4.14. The molecule has 18 heavy (non-hydrogen) atoms. The van der Waals surface area contributed by atoms with Crippen LogP contribution in [-0.4, -0.2) is 47.2 Å². The second-order valence-electron chi connectivity index (χ2n) is 5.80. The van der Waals surface area contributed by atoms with E-state index < -0.39 is 5.97 Å². The van der Waals surface area contributed by atoms with Crippen molar-refractivity contribution in [2.24, 2.45) is 5.92 Å². The molecular formula is C14H28N2O2. The molecule has 3 atom stereocenters. The monoisotopic (exact) mass is 256 g/mol. The minimum atomic E-state index is -0.704. The molecule has 0 bridgehead atoms. The first-order chi connectivity index (χ1) is 8.43. The highest BCUT2D eigenvalue weighted by Gasteiger charge is 2.29. The number of rotatable bonds is 6. The Labute approximate surface area is 111 Å². The first kappa shape index (κ1) is 15.4. The number of piperidine rings is 1. The lowest BCUT2D eigenvalue weighted by molar-refractivity contribution is -0.143. The fourth-order valence-corrected chi connectivity index (χ4v) is 2.68. The highest BCUT2D eigenvalue weighted by Crippen LogP contribution is 2.17. The molecule has 0 aromatic heterocycles. The molecule has 4 heteroatoms. The molecule has 2 N–H and O–H groups in total. The smallest absolute Gasteiger partial charge is 0.307 e. The Hall–Kier alpha value is -0.610. The van der Waals surface area contributed by atoms with Gasteiger partial charge in [0.2, 0.25) is 0 Å². The van der Waals surface area contributed by atoms with Crippen molar-refractivity contribution >= 4 is 5.97 Å². The normalized spacial score (nSPS) is 24.2. The Bertz CT molecular complexity index is 263. The zero-order valence-corrected chi connectivity index (χ0v) is 12.1. The zero-order chi connectivity index (χ0) is 13.7. The van der Waals surface area contributed by atoms with E-state index in [0.717, 1.165) is 13.1 Å². The van der Waals surface area contributed by atoms with Gasteiger partial charge in [-0.1, -0.05) is 13.3 Å². The van der Waals surface area contributed by atoms with Gasteiger partial charge in [-0.2, -0.15) is 0 Å². The molecule has 0 aromatic rings. The first-order valence-corrected chi connectivity index (χ1v) is 7.15. The predicted octanol–water partition coefficient (Wildman–Crippen LogP) is 1.95. The van der Waals surface area contributed by atoms with Crippen LogP contribution < -0.4 is 5.32 Å². The van der Waals surface area contributed by atoms with E-state index in [-0.39, 0.29) is 12.0 Å².